The van der Waals surface area contributed by atoms with Crippen molar-refractivity contribution >= 4 is 28.1 Å². The number of aromatic nitrogens is 2. The first-order valence-electron chi connectivity index (χ1n) is 4.63. The first-order chi connectivity index (χ1) is 7.08. The van der Waals surface area contributed by atoms with Crippen LogP contribution in [0.1, 0.15) is 11.3 Å². The van der Waals surface area contributed by atoms with Crippen LogP contribution in [-0.4, -0.2) is 9.55 Å². The standard InChI is InChI=1S/C11H11BrN2S/c1-7-5-9(12)3-4-10(7)14-6-8(2)13-11(14)15/h3-6H,1-2H3,(H,13,15). The molecule has 0 radical (unpaired) electrons. The van der Waals surface area contributed by atoms with E-state index >= 15 is 0 Å². The smallest absolute Gasteiger partial charge is 0.181 e. The lowest BCUT2D eigenvalue weighted by Gasteiger charge is -2.06. The van der Waals surface area contributed by atoms with Crippen molar-refractivity contribution in [3.8, 4) is 5.69 Å². The number of rotatable bonds is 1. The second kappa shape index (κ2) is 3.94. The van der Waals surface area contributed by atoms with Gasteiger partial charge in [-0.1, -0.05) is 15.9 Å². The van der Waals surface area contributed by atoms with Crippen molar-refractivity contribution < 1.29 is 0 Å². The molecule has 2 rings (SSSR count). The predicted molar refractivity (Wildman–Crippen MR) is 68.1 cm³/mol. The van der Waals surface area contributed by atoms with Crippen molar-refractivity contribution in [3.63, 3.8) is 0 Å². The molecule has 1 heterocycles. The van der Waals surface area contributed by atoms with E-state index < -0.39 is 0 Å². The summed E-state index contributed by atoms with van der Waals surface area (Å²) >= 11 is 8.69. The van der Waals surface area contributed by atoms with E-state index in [2.05, 4.69) is 40.0 Å². The quantitative estimate of drug-likeness (QED) is 0.787. The minimum absolute atomic E-state index is 0.734. The maximum atomic E-state index is 5.24. The number of imidazole rings is 1. The Hall–Kier alpha value is -0.870. The topological polar surface area (TPSA) is 20.7 Å². The monoisotopic (exact) mass is 282 g/mol. The summed E-state index contributed by atoms with van der Waals surface area (Å²) < 4.78 is 3.81. The normalized spacial score (nSPS) is 10.6. The summed E-state index contributed by atoms with van der Waals surface area (Å²) in [5.74, 6) is 0. The maximum absolute atomic E-state index is 5.24. The highest BCUT2D eigenvalue weighted by molar-refractivity contribution is 9.10. The Balaban J connectivity index is 2.64. The first-order valence-corrected chi connectivity index (χ1v) is 5.83. The number of nitrogens with zero attached hydrogens (tertiary/aromatic N) is 1. The number of halogens is 1. The zero-order chi connectivity index (χ0) is 11.0. The van der Waals surface area contributed by atoms with Gasteiger partial charge in [-0.2, -0.15) is 0 Å². The number of nitrogens with one attached hydrogen (secondary N) is 1. The minimum Gasteiger partial charge on any atom is -0.335 e. The molecule has 0 aliphatic carbocycles. The van der Waals surface area contributed by atoms with Gasteiger partial charge >= 0.3 is 0 Å². The van der Waals surface area contributed by atoms with E-state index in [1.54, 1.807) is 0 Å². The number of aryl methyl sites for hydroxylation is 2. The Labute approximate surface area is 102 Å². The summed E-state index contributed by atoms with van der Waals surface area (Å²) in [5.41, 5.74) is 3.38. The van der Waals surface area contributed by atoms with Crippen LogP contribution < -0.4 is 0 Å². The molecule has 2 aromatic rings. The zero-order valence-corrected chi connectivity index (χ0v) is 10.9. The molecule has 0 aliphatic rings. The van der Waals surface area contributed by atoms with E-state index in [-0.39, 0.29) is 0 Å². The number of hydrogen-bond donors (Lipinski definition) is 1. The fourth-order valence-corrected chi connectivity index (χ4v) is 2.37. The molecule has 1 N–H and O–H groups in total. The molecule has 0 saturated heterocycles. The molecule has 1 aromatic carbocycles. The van der Waals surface area contributed by atoms with Gasteiger partial charge in [0.1, 0.15) is 0 Å². The Morgan fingerprint density at radius 2 is 2.07 bits per heavy atom. The van der Waals surface area contributed by atoms with Gasteiger partial charge in [0.25, 0.3) is 0 Å². The van der Waals surface area contributed by atoms with Gasteiger partial charge in [-0.15, -0.1) is 0 Å². The van der Waals surface area contributed by atoms with E-state index in [1.807, 2.05) is 23.8 Å². The van der Waals surface area contributed by atoms with Crippen molar-refractivity contribution in [2.24, 2.45) is 0 Å². The van der Waals surface area contributed by atoms with E-state index in [0.29, 0.717) is 0 Å². The van der Waals surface area contributed by atoms with Gasteiger partial charge in [-0.05, 0) is 49.8 Å². The third-order valence-electron chi connectivity index (χ3n) is 2.26. The van der Waals surface area contributed by atoms with Gasteiger partial charge < -0.3 is 4.98 Å². The van der Waals surface area contributed by atoms with Crippen LogP contribution in [0.3, 0.4) is 0 Å². The summed E-state index contributed by atoms with van der Waals surface area (Å²) in [5, 5.41) is 0. The Morgan fingerprint density at radius 3 is 2.60 bits per heavy atom. The average Bonchev–Trinajstić information content (AvgIpc) is 2.45. The van der Waals surface area contributed by atoms with Gasteiger partial charge in [-0.25, -0.2) is 0 Å². The van der Waals surface area contributed by atoms with Crippen LogP contribution >= 0.6 is 28.1 Å². The molecular formula is C11H11BrN2S. The molecule has 0 spiro atoms. The lowest BCUT2D eigenvalue weighted by atomic mass is 10.2. The van der Waals surface area contributed by atoms with Crippen LogP contribution in [0.2, 0.25) is 0 Å². The molecule has 0 amide bonds. The van der Waals surface area contributed by atoms with Crippen molar-refractivity contribution in [1.82, 2.24) is 9.55 Å². The van der Waals surface area contributed by atoms with Crippen molar-refractivity contribution in [3.05, 3.63) is 44.9 Å². The van der Waals surface area contributed by atoms with E-state index in [1.165, 1.54) is 5.56 Å². The van der Waals surface area contributed by atoms with Crippen molar-refractivity contribution in [2.75, 3.05) is 0 Å². The minimum atomic E-state index is 0.734. The lowest BCUT2D eigenvalue weighted by molar-refractivity contribution is 1.02. The van der Waals surface area contributed by atoms with Gasteiger partial charge in [0.05, 0.1) is 5.69 Å². The molecular weight excluding hydrogens is 272 g/mol. The van der Waals surface area contributed by atoms with Crippen LogP contribution in [0.15, 0.2) is 28.9 Å². The number of H-pyrrole nitrogens is 1. The average molecular weight is 283 g/mol. The zero-order valence-electron chi connectivity index (χ0n) is 8.54. The molecule has 0 unspecified atom stereocenters. The van der Waals surface area contributed by atoms with Crippen LogP contribution in [0.25, 0.3) is 5.69 Å². The SMILES string of the molecule is Cc1cn(-c2ccc(Br)cc2C)c(=S)[nH]1. The first kappa shape index (κ1) is 10.6. The summed E-state index contributed by atoms with van der Waals surface area (Å²) in [6.45, 7) is 4.07. The van der Waals surface area contributed by atoms with Crippen molar-refractivity contribution in [2.45, 2.75) is 13.8 Å². The molecule has 4 heteroatoms. The molecule has 0 bridgehead atoms. The summed E-state index contributed by atoms with van der Waals surface area (Å²) in [6.07, 6.45) is 2.01. The third kappa shape index (κ3) is 2.06. The van der Waals surface area contributed by atoms with Crippen LogP contribution in [-0.2, 0) is 0 Å². The lowest BCUT2D eigenvalue weighted by Crippen LogP contribution is -1.95. The summed E-state index contributed by atoms with van der Waals surface area (Å²) in [7, 11) is 0. The molecule has 0 saturated carbocycles. The van der Waals surface area contributed by atoms with Gasteiger partial charge in [0.2, 0.25) is 0 Å². The van der Waals surface area contributed by atoms with E-state index in [0.717, 1.165) is 20.6 Å². The van der Waals surface area contributed by atoms with E-state index in [9.17, 15) is 0 Å². The van der Waals surface area contributed by atoms with E-state index in [4.69, 9.17) is 12.2 Å². The number of hydrogen-bond acceptors (Lipinski definition) is 1. The largest absolute Gasteiger partial charge is 0.335 e. The Morgan fingerprint density at radius 1 is 1.33 bits per heavy atom. The molecule has 78 valence electrons. The molecule has 15 heavy (non-hydrogen) atoms. The van der Waals surface area contributed by atoms with Crippen molar-refractivity contribution in [1.29, 1.82) is 0 Å². The molecule has 0 aliphatic heterocycles. The van der Waals surface area contributed by atoms with Gasteiger partial charge in [0.15, 0.2) is 4.77 Å². The molecule has 0 atom stereocenters. The Bertz CT molecular complexity index is 554. The highest BCUT2D eigenvalue weighted by atomic mass is 79.9. The molecule has 2 nitrogen and oxygen atoms in total. The van der Waals surface area contributed by atoms with Gasteiger partial charge in [0, 0.05) is 16.4 Å². The fourth-order valence-electron chi connectivity index (χ4n) is 1.58. The third-order valence-corrected chi connectivity index (χ3v) is 3.06. The highest BCUT2D eigenvalue weighted by Gasteiger charge is 2.03. The maximum Gasteiger partial charge on any atom is 0.181 e. The molecule has 0 fully saturated rings. The molecule has 1 aromatic heterocycles. The number of aromatic amines is 1. The van der Waals surface area contributed by atoms with Gasteiger partial charge in [-0.3, -0.25) is 4.57 Å². The van der Waals surface area contributed by atoms with Crippen LogP contribution in [0.4, 0.5) is 0 Å². The van der Waals surface area contributed by atoms with Crippen LogP contribution in [0, 0.1) is 18.6 Å². The highest BCUT2D eigenvalue weighted by Crippen LogP contribution is 2.20. The predicted octanol–water partition coefficient (Wildman–Crippen LogP) is 3.91. The number of benzene rings is 1. The second-order valence-corrected chi connectivity index (χ2v) is 4.85. The fraction of sp³-hybridized carbons (Fsp3) is 0.182. The second-order valence-electron chi connectivity index (χ2n) is 3.54. The summed E-state index contributed by atoms with van der Waals surface area (Å²) in [4.78, 5) is 3.11. The Kier molecular flexibility index (Phi) is 2.80. The summed E-state index contributed by atoms with van der Waals surface area (Å²) in [6, 6.07) is 6.16. The van der Waals surface area contributed by atoms with Crippen LogP contribution in [0.5, 0.6) is 0 Å².